The second kappa shape index (κ2) is 6.55. The Labute approximate surface area is 117 Å². The molecule has 0 fully saturated rings. The van der Waals surface area contributed by atoms with Crippen molar-refractivity contribution in [2.24, 2.45) is 0 Å². The average Bonchev–Trinajstić information content (AvgIpc) is 2.43. The van der Waals surface area contributed by atoms with Gasteiger partial charge in [-0.2, -0.15) is 0 Å². The molecule has 2 aromatic carbocycles. The fourth-order valence-corrected chi connectivity index (χ4v) is 2.01. The van der Waals surface area contributed by atoms with E-state index in [1.165, 1.54) is 6.07 Å². The minimum absolute atomic E-state index is 0.283. The first kappa shape index (κ1) is 13.8. The van der Waals surface area contributed by atoms with Crippen molar-refractivity contribution in [3.05, 3.63) is 64.4 Å². The first-order valence-corrected chi connectivity index (χ1v) is 6.35. The SMILES string of the molecule is COc1ccc(CNCc2c(F)cccc2Cl)cc1. The molecular weight excluding hydrogens is 265 g/mol. The van der Waals surface area contributed by atoms with Crippen LogP contribution in [0.5, 0.6) is 5.75 Å². The Kier molecular flexibility index (Phi) is 4.77. The molecule has 0 aliphatic heterocycles. The van der Waals surface area contributed by atoms with Gasteiger partial charge in [0.1, 0.15) is 11.6 Å². The van der Waals surface area contributed by atoms with Crippen LogP contribution in [0.2, 0.25) is 5.02 Å². The number of hydrogen-bond donors (Lipinski definition) is 1. The first-order chi connectivity index (χ1) is 9.20. The lowest BCUT2D eigenvalue weighted by atomic mass is 10.2. The molecule has 4 heteroatoms. The number of methoxy groups -OCH3 is 1. The van der Waals surface area contributed by atoms with Crippen LogP contribution in [-0.2, 0) is 13.1 Å². The Morgan fingerprint density at radius 1 is 1.11 bits per heavy atom. The maximum absolute atomic E-state index is 13.5. The fraction of sp³-hybridized carbons (Fsp3) is 0.200. The van der Waals surface area contributed by atoms with Gasteiger partial charge in [-0.1, -0.05) is 29.8 Å². The molecule has 0 atom stereocenters. The monoisotopic (exact) mass is 279 g/mol. The summed E-state index contributed by atoms with van der Waals surface area (Å²) in [6, 6.07) is 12.4. The molecule has 1 N–H and O–H groups in total. The van der Waals surface area contributed by atoms with Gasteiger partial charge in [0.05, 0.1) is 7.11 Å². The number of halogens is 2. The molecule has 0 radical (unpaired) electrons. The van der Waals surface area contributed by atoms with E-state index in [4.69, 9.17) is 16.3 Å². The number of benzene rings is 2. The highest BCUT2D eigenvalue weighted by molar-refractivity contribution is 6.31. The molecule has 0 bridgehead atoms. The molecule has 2 aromatic rings. The summed E-state index contributed by atoms with van der Waals surface area (Å²) in [4.78, 5) is 0. The third-order valence-corrected chi connectivity index (χ3v) is 3.21. The predicted molar refractivity (Wildman–Crippen MR) is 74.9 cm³/mol. The molecule has 0 aromatic heterocycles. The van der Waals surface area contributed by atoms with E-state index in [9.17, 15) is 4.39 Å². The summed E-state index contributed by atoms with van der Waals surface area (Å²) in [6.45, 7) is 1.05. The number of rotatable bonds is 5. The van der Waals surface area contributed by atoms with Crippen molar-refractivity contribution < 1.29 is 9.13 Å². The smallest absolute Gasteiger partial charge is 0.129 e. The zero-order chi connectivity index (χ0) is 13.7. The van der Waals surface area contributed by atoms with Crippen molar-refractivity contribution >= 4 is 11.6 Å². The Hall–Kier alpha value is -1.58. The molecule has 0 aliphatic carbocycles. The molecular formula is C15H15ClFNO. The molecule has 0 spiro atoms. The van der Waals surface area contributed by atoms with E-state index in [1.807, 2.05) is 24.3 Å². The highest BCUT2D eigenvalue weighted by atomic mass is 35.5. The summed E-state index contributed by atoms with van der Waals surface area (Å²) in [5.41, 5.74) is 1.60. The van der Waals surface area contributed by atoms with Gasteiger partial charge in [0.25, 0.3) is 0 Å². The largest absolute Gasteiger partial charge is 0.497 e. The van der Waals surface area contributed by atoms with Gasteiger partial charge in [-0.25, -0.2) is 4.39 Å². The quantitative estimate of drug-likeness (QED) is 0.899. The van der Waals surface area contributed by atoms with Crippen molar-refractivity contribution in [2.45, 2.75) is 13.1 Å². The molecule has 2 rings (SSSR count). The Bertz CT molecular complexity index is 522. The number of hydrogen-bond acceptors (Lipinski definition) is 2. The Balaban J connectivity index is 1.92. The minimum Gasteiger partial charge on any atom is -0.497 e. The van der Waals surface area contributed by atoms with Crippen LogP contribution in [-0.4, -0.2) is 7.11 Å². The van der Waals surface area contributed by atoms with Gasteiger partial charge in [0, 0.05) is 23.7 Å². The maximum atomic E-state index is 13.5. The fourth-order valence-electron chi connectivity index (χ4n) is 1.78. The van der Waals surface area contributed by atoms with Crippen molar-refractivity contribution in [2.75, 3.05) is 7.11 Å². The zero-order valence-corrected chi connectivity index (χ0v) is 11.4. The zero-order valence-electron chi connectivity index (χ0n) is 10.6. The molecule has 100 valence electrons. The predicted octanol–water partition coefficient (Wildman–Crippen LogP) is 3.78. The molecule has 0 saturated carbocycles. The van der Waals surface area contributed by atoms with Crippen LogP contribution in [0, 0.1) is 5.82 Å². The van der Waals surface area contributed by atoms with Crippen molar-refractivity contribution in [3.8, 4) is 5.75 Å². The lowest BCUT2D eigenvalue weighted by molar-refractivity contribution is 0.414. The van der Waals surface area contributed by atoms with E-state index in [1.54, 1.807) is 19.2 Å². The van der Waals surface area contributed by atoms with Crippen molar-refractivity contribution in [1.29, 1.82) is 0 Å². The number of nitrogens with one attached hydrogen (secondary N) is 1. The highest BCUT2D eigenvalue weighted by Gasteiger charge is 2.05. The van der Waals surface area contributed by atoms with E-state index in [-0.39, 0.29) is 5.82 Å². The lowest BCUT2D eigenvalue weighted by Crippen LogP contribution is -2.14. The molecule has 2 nitrogen and oxygen atoms in total. The number of ether oxygens (including phenoxy) is 1. The second-order valence-corrected chi connectivity index (χ2v) is 4.56. The molecule has 0 amide bonds. The van der Waals surface area contributed by atoms with Crippen LogP contribution in [0.3, 0.4) is 0 Å². The summed E-state index contributed by atoms with van der Waals surface area (Å²) in [5.74, 6) is 0.538. The highest BCUT2D eigenvalue weighted by Crippen LogP contribution is 2.18. The summed E-state index contributed by atoms with van der Waals surface area (Å²) in [5, 5.41) is 3.62. The topological polar surface area (TPSA) is 21.3 Å². The van der Waals surface area contributed by atoms with E-state index < -0.39 is 0 Å². The van der Waals surface area contributed by atoms with Crippen LogP contribution in [0.1, 0.15) is 11.1 Å². The maximum Gasteiger partial charge on any atom is 0.129 e. The van der Waals surface area contributed by atoms with Gasteiger partial charge >= 0.3 is 0 Å². The van der Waals surface area contributed by atoms with E-state index in [0.717, 1.165) is 11.3 Å². The van der Waals surface area contributed by atoms with Crippen molar-refractivity contribution in [1.82, 2.24) is 5.32 Å². The van der Waals surface area contributed by atoms with Gasteiger partial charge in [-0.3, -0.25) is 0 Å². The van der Waals surface area contributed by atoms with Crippen LogP contribution in [0.25, 0.3) is 0 Å². The van der Waals surface area contributed by atoms with E-state index in [2.05, 4.69) is 5.32 Å². The summed E-state index contributed by atoms with van der Waals surface area (Å²) in [7, 11) is 1.63. The van der Waals surface area contributed by atoms with Crippen LogP contribution in [0.15, 0.2) is 42.5 Å². The Morgan fingerprint density at radius 3 is 2.47 bits per heavy atom. The molecule has 0 aliphatic rings. The average molecular weight is 280 g/mol. The first-order valence-electron chi connectivity index (χ1n) is 5.97. The third-order valence-electron chi connectivity index (χ3n) is 2.85. The molecule has 0 unspecified atom stereocenters. The third kappa shape index (κ3) is 3.69. The molecule has 19 heavy (non-hydrogen) atoms. The van der Waals surface area contributed by atoms with Gasteiger partial charge in [-0.05, 0) is 29.8 Å². The van der Waals surface area contributed by atoms with Gasteiger partial charge in [0.2, 0.25) is 0 Å². The molecule has 0 heterocycles. The van der Waals surface area contributed by atoms with E-state index >= 15 is 0 Å². The summed E-state index contributed by atoms with van der Waals surface area (Å²) < 4.78 is 18.6. The Morgan fingerprint density at radius 2 is 1.84 bits per heavy atom. The second-order valence-electron chi connectivity index (χ2n) is 4.15. The lowest BCUT2D eigenvalue weighted by Gasteiger charge is -2.08. The standard InChI is InChI=1S/C15H15ClFNO/c1-19-12-7-5-11(6-8-12)9-18-10-13-14(16)3-2-4-15(13)17/h2-8,18H,9-10H2,1H3. The summed E-state index contributed by atoms with van der Waals surface area (Å²) >= 11 is 5.95. The normalized spacial score (nSPS) is 10.5. The molecule has 0 saturated heterocycles. The van der Waals surface area contributed by atoms with Gasteiger partial charge < -0.3 is 10.1 Å². The van der Waals surface area contributed by atoms with Crippen molar-refractivity contribution in [3.63, 3.8) is 0 Å². The van der Waals surface area contributed by atoms with Crippen LogP contribution in [0.4, 0.5) is 4.39 Å². The minimum atomic E-state index is -0.283. The van der Waals surface area contributed by atoms with Gasteiger partial charge in [0.15, 0.2) is 0 Å². The summed E-state index contributed by atoms with van der Waals surface area (Å²) in [6.07, 6.45) is 0. The van der Waals surface area contributed by atoms with Crippen LogP contribution < -0.4 is 10.1 Å². The van der Waals surface area contributed by atoms with Crippen LogP contribution >= 0.6 is 11.6 Å². The van der Waals surface area contributed by atoms with Gasteiger partial charge in [-0.15, -0.1) is 0 Å². The van der Waals surface area contributed by atoms with E-state index in [0.29, 0.717) is 23.7 Å².